The fourth-order valence-electron chi connectivity index (χ4n) is 4.50. The number of benzene rings is 2. The molecule has 0 aromatic heterocycles. The lowest BCUT2D eigenvalue weighted by atomic mass is 9.83. The number of piperidine rings is 1. The highest BCUT2D eigenvalue weighted by Crippen LogP contribution is 2.44. The number of ether oxygens (including phenoxy) is 2. The molecule has 4 nitrogen and oxygen atoms in total. The van der Waals surface area contributed by atoms with Crippen molar-refractivity contribution in [2.45, 2.75) is 32.0 Å². The fraction of sp³-hybridized carbons (Fsp3) is 0.435. The second-order valence-corrected chi connectivity index (χ2v) is 8.22. The average Bonchev–Trinajstić information content (AvgIpc) is 3.21. The van der Waals surface area contributed by atoms with Gasteiger partial charge in [0.15, 0.2) is 5.79 Å². The Morgan fingerprint density at radius 1 is 1.14 bits per heavy atom. The predicted molar refractivity (Wildman–Crippen MR) is 111 cm³/mol. The Bertz CT molecular complexity index is 872. The van der Waals surface area contributed by atoms with Gasteiger partial charge in [0, 0.05) is 41.7 Å². The first-order valence-corrected chi connectivity index (χ1v) is 10.4. The molecule has 2 aliphatic heterocycles. The molecule has 6 heteroatoms. The number of hydrogen-bond donors (Lipinski definition) is 0. The van der Waals surface area contributed by atoms with Crippen LogP contribution in [0.5, 0.6) is 0 Å². The molecule has 0 spiro atoms. The predicted octanol–water partition coefficient (Wildman–Crippen LogP) is 4.73. The van der Waals surface area contributed by atoms with Gasteiger partial charge in [0.1, 0.15) is 11.6 Å². The van der Waals surface area contributed by atoms with E-state index >= 15 is 0 Å². The van der Waals surface area contributed by atoms with Crippen LogP contribution in [0.15, 0.2) is 42.5 Å². The third-order valence-corrected chi connectivity index (χ3v) is 6.07. The second-order valence-electron chi connectivity index (χ2n) is 7.78. The van der Waals surface area contributed by atoms with E-state index in [-0.39, 0.29) is 17.5 Å². The topological polar surface area (TPSA) is 38.8 Å². The summed E-state index contributed by atoms with van der Waals surface area (Å²) in [6.45, 7) is 4.19. The summed E-state index contributed by atoms with van der Waals surface area (Å²) in [4.78, 5) is 13.8. The van der Waals surface area contributed by atoms with E-state index in [1.165, 1.54) is 12.1 Å². The van der Waals surface area contributed by atoms with Gasteiger partial charge < -0.3 is 14.4 Å². The SMILES string of the molecule is CC(=O)Cc1ccc(F)cc1N1CCC(C2(c3ccc(Cl)cc3)OCCO2)CC1. The lowest BCUT2D eigenvalue weighted by Gasteiger charge is -2.42. The average molecular weight is 418 g/mol. The highest BCUT2D eigenvalue weighted by Gasteiger charge is 2.47. The van der Waals surface area contributed by atoms with Crippen LogP contribution in [-0.2, 0) is 26.5 Å². The number of halogens is 2. The number of Topliss-reactive ketones (excluding diaryl/α,β-unsaturated/α-hetero) is 1. The monoisotopic (exact) mass is 417 g/mol. The molecule has 0 unspecified atom stereocenters. The Kier molecular flexibility index (Phi) is 5.91. The van der Waals surface area contributed by atoms with Gasteiger partial charge in [0.05, 0.1) is 13.2 Å². The number of carbonyl (C=O) groups is 1. The lowest BCUT2D eigenvalue weighted by molar-refractivity contribution is -0.209. The number of carbonyl (C=O) groups excluding carboxylic acids is 1. The van der Waals surface area contributed by atoms with Crippen molar-refractivity contribution >= 4 is 23.1 Å². The molecule has 2 aromatic rings. The molecule has 0 saturated carbocycles. The van der Waals surface area contributed by atoms with Gasteiger partial charge in [-0.1, -0.05) is 29.8 Å². The Morgan fingerprint density at radius 2 is 1.79 bits per heavy atom. The summed E-state index contributed by atoms with van der Waals surface area (Å²) in [5.41, 5.74) is 2.67. The van der Waals surface area contributed by atoms with E-state index < -0.39 is 5.79 Å². The molecular formula is C23H25ClFNO3. The lowest BCUT2D eigenvalue weighted by Crippen LogP contribution is -2.44. The molecule has 154 valence electrons. The summed E-state index contributed by atoms with van der Waals surface area (Å²) in [7, 11) is 0. The van der Waals surface area contributed by atoms with Crippen molar-refractivity contribution in [3.8, 4) is 0 Å². The minimum absolute atomic E-state index is 0.0715. The molecule has 0 radical (unpaired) electrons. The Labute approximate surface area is 175 Å². The van der Waals surface area contributed by atoms with Crippen LogP contribution in [0.3, 0.4) is 0 Å². The van der Waals surface area contributed by atoms with Gasteiger partial charge in [-0.05, 0) is 49.6 Å². The van der Waals surface area contributed by atoms with Crippen LogP contribution in [0.25, 0.3) is 0 Å². The summed E-state index contributed by atoms with van der Waals surface area (Å²) in [5, 5.41) is 0.681. The third kappa shape index (κ3) is 4.18. The normalized spacial score (nSPS) is 19.5. The first-order valence-electron chi connectivity index (χ1n) is 10.0. The third-order valence-electron chi connectivity index (χ3n) is 5.82. The number of rotatable bonds is 5. The molecule has 2 aromatic carbocycles. The molecular weight excluding hydrogens is 393 g/mol. The first-order chi connectivity index (χ1) is 14.0. The minimum atomic E-state index is -0.749. The maximum atomic E-state index is 13.9. The van der Waals surface area contributed by atoms with Gasteiger partial charge in [0.2, 0.25) is 0 Å². The largest absolute Gasteiger partial charge is 0.371 e. The van der Waals surface area contributed by atoms with Crippen molar-refractivity contribution in [2.24, 2.45) is 5.92 Å². The van der Waals surface area contributed by atoms with E-state index in [1.54, 1.807) is 13.0 Å². The highest BCUT2D eigenvalue weighted by atomic mass is 35.5. The van der Waals surface area contributed by atoms with Crippen LogP contribution >= 0.6 is 11.6 Å². The van der Waals surface area contributed by atoms with Gasteiger partial charge in [-0.15, -0.1) is 0 Å². The van der Waals surface area contributed by atoms with Crippen molar-refractivity contribution in [3.63, 3.8) is 0 Å². The van der Waals surface area contributed by atoms with Crippen LogP contribution < -0.4 is 4.90 Å². The van der Waals surface area contributed by atoms with E-state index in [4.69, 9.17) is 21.1 Å². The smallest absolute Gasteiger partial charge is 0.197 e. The minimum Gasteiger partial charge on any atom is -0.371 e. The molecule has 2 saturated heterocycles. The standard InChI is InChI=1S/C23H25ClFNO3/c1-16(27)14-17-2-7-21(25)15-22(17)26-10-8-19(9-11-26)23(28-12-13-29-23)18-3-5-20(24)6-4-18/h2-7,15,19H,8-14H2,1H3. The van der Waals surface area contributed by atoms with Gasteiger partial charge in [-0.3, -0.25) is 4.79 Å². The van der Waals surface area contributed by atoms with Crippen LogP contribution in [0.2, 0.25) is 5.02 Å². The molecule has 0 atom stereocenters. The van der Waals surface area contributed by atoms with E-state index in [2.05, 4.69) is 4.90 Å². The molecule has 29 heavy (non-hydrogen) atoms. The Morgan fingerprint density at radius 3 is 2.41 bits per heavy atom. The fourth-order valence-corrected chi connectivity index (χ4v) is 4.62. The molecule has 2 heterocycles. The van der Waals surface area contributed by atoms with E-state index in [1.807, 2.05) is 24.3 Å². The molecule has 0 N–H and O–H groups in total. The summed E-state index contributed by atoms with van der Waals surface area (Å²) in [6.07, 6.45) is 2.01. The van der Waals surface area contributed by atoms with Crippen molar-refractivity contribution in [1.82, 2.24) is 0 Å². The Balaban J connectivity index is 1.54. The van der Waals surface area contributed by atoms with E-state index in [0.717, 1.165) is 42.7 Å². The van der Waals surface area contributed by atoms with Gasteiger partial charge in [-0.2, -0.15) is 0 Å². The number of hydrogen-bond acceptors (Lipinski definition) is 4. The summed E-state index contributed by atoms with van der Waals surface area (Å²) in [5.74, 6) is -0.773. The molecule has 4 rings (SSSR count). The molecule has 0 amide bonds. The van der Waals surface area contributed by atoms with Crippen LogP contribution in [-0.4, -0.2) is 32.1 Å². The van der Waals surface area contributed by atoms with Crippen molar-refractivity contribution < 1.29 is 18.7 Å². The quantitative estimate of drug-likeness (QED) is 0.705. The first kappa shape index (κ1) is 20.3. The van der Waals surface area contributed by atoms with Crippen LogP contribution in [0, 0.1) is 11.7 Å². The zero-order chi connectivity index (χ0) is 20.4. The van der Waals surface area contributed by atoms with E-state index in [9.17, 15) is 9.18 Å². The molecule has 2 fully saturated rings. The van der Waals surface area contributed by atoms with Gasteiger partial charge >= 0.3 is 0 Å². The second kappa shape index (κ2) is 8.42. The number of anilines is 1. The zero-order valence-electron chi connectivity index (χ0n) is 16.5. The maximum Gasteiger partial charge on any atom is 0.197 e. The van der Waals surface area contributed by atoms with Gasteiger partial charge in [-0.25, -0.2) is 4.39 Å². The van der Waals surface area contributed by atoms with Crippen molar-refractivity contribution in [1.29, 1.82) is 0 Å². The zero-order valence-corrected chi connectivity index (χ0v) is 17.3. The summed E-state index contributed by atoms with van der Waals surface area (Å²) < 4.78 is 26.2. The maximum absolute atomic E-state index is 13.9. The number of nitrogens with zero attached hydrogens (tertiary/aromatic N) is 1. The Hall–Kier alpha value is -1.95. The van der Waals surface area contributed by atoms with Crippen LogP contribution in [0.1, 0.15) is 30.9 Å². The highest BCUT2D eigenvalue weighted by molar-refractivity contribution is 6.30. The van der Waals surface area contributed by atoms with Crippen molar-refractivity contribution in [3.05, 3.63) is 64.4 Å². The summed E-state index contributed by atoms with van der Waals surface area (Å²) >= 11 is 6.06. The number of ketones is 1. The van der Waals surface area contributed by atoms with Crippen molar-refractivity contribution in [2.75, 3.05) is 31.2 Å². The summed E-state index contributed by atoms with van der Waals surface area (Å²) in [6, 6.07) is 12.3. The van der Waals surface area contributed by atoms with Crippen LogP contribution in [0.4, 0.5) is 10.1 Å². The molecule has 0 aliphatic carbocycles. The van der Waals surface area contributed by atoms with E-state index in [0.29, 0.717) is 24.7 Å². The molecule has 0 bridgehead atoms. The molecule has 2 aliphatic rings. The van der Waals surface area contributed by atoms with Gasteiger partial charge in [0.25, 0.3) is 0 Å².